The lowest BCUT2D eigenvalue weighted by molar-refractivity contribution is 0.149. The predicted molar refractivity (Wildman–Crippen MR) is 29.9 cm³/mol. The highest BCUT2D eigenvalue weighted by Gasteiger charge is 2.19. The first-order chi connectivity index (χ1) is 4.18. The van der Waals surface area contributed by atoms with Gasteiger partial charge in [-0.05, 0) is 6.42 Å². The second-order valence-corrected chi connectivity index (χ2v) is 1.90. The quantitative estimate of drug-likeness (QED) is 0.561. The number of alkyl halides is 1. The van der Waals surface area contributed by atoms with Gasteiger partial charge >= 0.3 is 6.43 Å². The standard InChI is InChI=1S/C6H10F3/c1-2-3-4-5(7)6(8)9/h5H,2-4H2,1H3. The van der Waals surface area contributed by atoms with Gasteiger partial charge in [0, 0.05) is 0 Å². The molecule has 1 unspecified atom stereocenters. The molecule has 0 amide bonds. The van der Waals surface area contributed by atoms with Crippen LogP contribution in [0.2, 0.25) is 0 Å². The van der Waals surface area contributed by atoms with Crippen molar-refractivity contribution >= 4 is 0 Å². The van der Waals surface area contributed by atoms with Crippen molar-refractivity contribution in [3.8, 4) is 0 Å². The molecule has 0 heterocycles. The van der Waals surface area contributed by atoms with Crippen LogP contribution in [-0.2, 0) is 0 Å². The molecule has 0 fully saturated rings. The van der Waals surface area contributed by atoms with Crippen molar-refractivity contribution < 1.29 is 13.2 Å². The highest BCUT2D eigenvalue weighted by molar-refractivity contribution is 4.72. The van der Waals surface area contributed by atoms with Gasteiger partial charge in [0.2, 0.25) is 0 Å². The molecule has 1 radical (unpaired) electrons. The molecular weight excluding hydrogens is 129 g/mol. The first-order valence-corrected chi connectivity index (χ1v) is 3.00. The molecule has 0 nitrogen and oxygen atoms in total. The van der Waals surface area contributed by atoms with Crippen LogP contribution in [0.1, 0.15) is 26.2 Å². The molecule has 1 atom stereocenters. The molecule has 0 aliphatic heterocycles. The van der Waals surface area contributed by atoms with Crippen molar-refractivity contribution in [1.29, 1.82) is 0 Å². The summed E-state index contributed by atoms with van der Waals surface area (Å²) in [7, 11) is 0. The van der Waals surface area contributed by atoms with Crippen LogP contribution < -0.4 is 0 Å². The number of hydrogen-bond acceptors (Lipinski definition) is 0. The van der Waals surface area contributed by atoms with Gasteiger partial charge in [-0.3, -0.25) is 0 Å². The van der Waals surface area contributed by atoms with Crippen LogP contribution in [0.25, 0.3) is 0 Å². The van der Waals surface area contributed by atoms with Crippen LogP contribution in [-0.4, -0.2) is 6.17 Å². The van der Waals surface area contributed by atoms with Crippen molar-refractivity contribution in [2.24, 2.45) is 0 Å². The van der Waals surface area contributed by atoms with E-state index in [0.717, 1.165) is 6.42 Å². The molecule has 0 aromatic carbocycles. The Balaban J connectivity index is 3.16. The predicted octanol–water partition coefficient (Wildman–Crippen LogP) is 2.94. The lowest BCUT2D eigenvalue weighted by Gasteiger charge is -2.01. The maximum absolute atomic E-state index is 11.9. The molecular formula is C6H10F3. The summed E-state index contributed by atoms with van der Waals surface area (Å²) >= 11 is 0. The number of rotatable bonds is 4. The second-order valence-electron chi connectivity index (χ2n) is 1.90. The lowest BCUT2D eigenvalue weighted by Crippen LogP contribution is -2.03. The normalized spacial score (nSPS) is 14.3. The van der Waals surface area contributed by atoms with E-state index in [1.165, 1.54) is 0 Å². The summed E-state index contributed by atoms with van der Waals surface area (Å²) in [5.74, 6) is 0. The fourth-order valence-corrected chi connectivity index (χ4v) is 0.492. The van der Waals surface area contributed by atoms with Crippen molar-refractivity contribution in [2.75, 3.05) is 0 Å². The Morgan fingerprint density at radius 3 is 2.33 bits per heavy atom. The summed E-state index contributed by atoms with van der Waals surface area (Å²) < 4.78 is 34.5. The average molecular weight is 139 g/mol. The van der Waals surface area contributed by atoms with Crippen molar-refractivity contribution in [3.05, 3.63) is 6.43 Å². The number of unbranched alkanes of at least 4 members (excludes halogenated alkanes) is 1. The Bertz CT molecular complexity index is 63.3. The van der Waals surface area contributed by atoms with Crippen LogP contribution in [0.15, 0.2) is 0 Å². The molecule has 0 N–H and O–H groups in total. The summed E-state index contributed by atoms with van der Waals surface area (Å²) in [6, 6.07) is 0. The summed E-state index contributed by atoms with van der Waals surface area (Å²) in [5, 5.41) is 0. The first kappa shape index (κ1) is 8.79. The first-order valence-electron chi connectivity index (χ1n) is 3.00. The van der Waals surface area contributed by atoms with Gasteiger partial charge in [-0.25, -0.2) is 4.39 Å². The van der Waals surface area contributed by atoms with Crippen LogP contribution in [0.3, 0.4) is 0 Å². The highest BCUT2D eigenvalue weighted by atomic mass is 19.3. The van der Waals surface area contributed by atoms with Crippen LogP contribution in [0.4, 0.5) is 13.2 Å². The van der Waals surface area contributed by atoms with Crippen molar-refractivity contribution in [3.63, 3.8) is 0 Å². The Kier molecular flexibility index (Phi) is 4.54. The molecule has 0 spiro atoms. The van der Waals surface area contributed by atoms with Gasteiger partial charge in [-0.1, -0.05) is 19.8 Å². The van der Waals surface area contributed by atoms with E-state index in [-0.39, 0.29) is 6.42 Å². The highest BCUT2D eigenvalue weighted by Crippen LogP contribution is 2.18. The monoisotopic (exact) mass is 139 g/mol. The molecule has 3 heteroatoms. The summed E-state index contributed by atoms with van der Waals surface area (Å²) in [5.41, 5.74) is 0. The van der Waals surface area contributed by atoms with Crippen LogP contribution in [0, 0.1) is 6.43 Å². The Morgan fingerprint density at radius 2 is 2.00 bits per heavy atom. The zero-order valence-corrected chi connectivity index (χ0v) is 5.33. The maximum atomic E-state index is 11.9. The fourth-order valence-electron chi connectivity index (χ4n) is 0.492. The third-order valence-corrected chi connectivity index (χ3v) is 1.05. The lowest BCUT2D eigenvalue weighted by atomic mass is 10.2. The van der Waals surface area contributed by atoms with E-state index in [1.807, 2.05) is 6.92 Å². The molecule has 0 aromatic rings. The molecule has 55 valence electrons. The van der Waals surface area contributed by atoms with Gasteiger partial charge in [0.15, 0.2) is 6.17 Å². The van der Waals surface area contributed by atoms with E-state index in [4.69, 9.17) is 0 Å². The molecule has 0 rings (SSSR count). The fraction of sp³-hybridized carbons (Fsp3) is 0.833. The SMILES string of the molecule is CCCCC(F)[C](F)F. The molecule has 0 aliphatic carbocycles. The van der Waals surface area contributed by atoms with E-state index < -0.39 is 12.6 Å². The third-order valence-electron chi connectivity index (χ3n) is 1.05. The van der Waals surface area contributed by atoms with E-state index in [2.05, 4.69) is 0 Å². The Hall–Kier alpha value is -0.210. The van der Waals surface area contributed by atoms with E-state index in [0.29, 0.717) is 6.42 Å². The van der Waals surface area contributed by atoms with Gasteiger partial charge in [-0.15, -0.1) is 0 Å². The summed E-state index contributed by atoms with van der Waals surface area (Å²) in [6.45, 7) is 1.84. The van der Waals surface area contributed by atoms with E-state index in [1.54, 1.807) is 0 Å². The average Bonchev–Trinajstić information content (AvgIpc) is 1.82. The van der Waals surface area contributed by atoms with Gasteiger partial charge in [0.25, 0.3) is 0 Å². The minimum Gasteiger partial charge on any atom is -0.241 e. The summed E-state index contributed by atoms with van der Waals surface area (Å²) in [6.07, 6.45) is -2.85. The largest absolute Gasteiger partial charge is 0.343 e. The minimum atomic E-state index is -2.09. The zero-order chi connectivity index (χ0) is 7.28. The summed E-state index contributed by atoms with van der Waals surface area (Å²) in [4.78, 5) is 0. The zero-order valence-electron chi connectivity index (χ0n) is 5.33. The maximum Gasteiger partial charge on any atom is 0.343 e. The topological polar surface area (TPSA) is 0 Å². The Morgan fingerprint density at radius 1 is 1.44 bits per heavy atom. The van der Waals surface area contributed by atoms with E-state index in [9.17, 15) is 13.2 Å². The van der Waals surface area contributed by atoms with Gasteiger partial charge in [0.1, 0.15) is 0 Å². The Labute approximate surface area is 53.1 Å². The van der Waals surface area contributed by atoms with Gasteiger partial charge in [0.05, 0.1) is 0 Å². The minimum absolute atomic E-state index is 0.0428. The van der Waals surface area contributed by atoms with Gasteiger partial charge in [-0.2, -0.15) is 8.78 Å². The number of halogens is 3. The van der Waals surface area contributed by atoms with Crippen molar-refractivity contribution in [2.45, 2.75) is 32.4 Å². The van der Waals surface area contributed by atoms with Crippen LogP contribution >= 0.6 is 0 Å². The van der Waals surface area contributed by atoms with Crippen LogP contribution in [0.5, 0.6) is 0 Å². The van der Waals surface area contributed by atoms with Gasteiger partial charge < -0.3 is 0 Å². The third kappa shape index (κ3) is 4.30. The van der Waals surface area contributed by atoms with Crippen molar-refractivity contribution in [1.82, 2.24) is 0 Å². The molecule has 0 saturated heterocycles. The smallest absolute Gasteiger partial charge is 0.241 e. The molecule has 0 saturated carbocycles. The van der Waals surface area contributed by atoms with E-state index >= 15 is 0 Å². The molecule has 0 aromatic heterocycles. The molecule has 0 bridgehead atoms. The number of hydrogen-bond donors (Lipinski definition) is 0. The second kappa shape index (κ2) is 4.65. The molecule has 9 heavy (non-hydrogen) atoms. The molecule has 0 aliphatic rings.